The van der Waals surface area contributed by atoms with Gasteiger partial charge in [-0.3, -0.25) is 9.69 Å². The van der Waals surface area contributed by atoms with Gasteiger partial charge in [0.25, 0.3) is 0 Å². The van der Waals surface area contributed by atoms with E-state index in [1.807, 2.05) is 12.3 Å². The maximum absolute atomic E-state index is 11.5. The Morgan fingerprint density at radius 3 is 2.67 bits per heavy atom. The molecule has 2 fully saturated rings. The molecule has 8 nitrogen and oxygen atoms in total. The minimum Gasteiger partial charge on any atom is -0.369 e. The Bertz CT molecular complexity index is 752. The Hall–Kier alpha value is -1.62. The van der Waals surface area contributed by atoms with Gasteiger partial charge < -0.3 is 21.3 Å². The number of primary amides is 1. The predicted octanol–water partition coefficient (Wildman–Crippen LogP) is 2.72. The number of hydrogen-bond acceptors (Lipinski definition) is 5. The molecule has 1 amide bonds. The van der Waals surface area contributed by atoms with E-state index in [2.05, 4.69) is 45.3 Å². The summed E-state index contributed by atoms with van der Waals surface area (Å²) in [5.74, 6) is 1.61. The van der Waals surface area contributed by atoms with Crippen LogP contribution in [-0.2, 0) is 11.3 Å². The molecule has 1 atom stereocenters. The third-order valence-electron chi connectivity index (χ3n) is 6.73. The molecule has 1 unspecified atom stereocenters. The van der Waals surface area contributed by atoms with E-state index in [0.29, 0.717) is 6.54 Å². The molecule has 4 N–H and O–H groups in total. The van der Waals surface area contributed by atoms with E-state index in [0.717, 1.165) is 68.9 Å². The number of aromatic nitrogens is 1. The standard InChI is InChI=1S/C24H41N7O.HI/c1-3-21-9-5-6-14-30(21)17-13-28-24(26-4-2)29-18-20-8-7-12-27-23(20)31-15-10-19(11-16-31)22(25)32;/h7-8,12,19,21H,3-6,9-11,13-18H2,1-2H3,(H2,25,32)(H2,26,28,29);1H. The number of halogens is 1. The van der Waals surface area contributed by atoms with Crippen molar-refractivity contribution in [3.8, 4) is 0 Å². The highest BCUT2D eigenvalue weighted by Gasteiger charge is 2.25. The highest BCUT2D eigenvalue weighted by atomic mass is 127. The van der Waals surface area contributed by atoms with Crippen LogP contribution in [0.3, 0.4) is 0 Å². The molecule has 3 rings (SSSR count). The number of nitrogens with two attached hydrogens (primary N) is 1. The van der Waals surface area contributed by atoms with Crippen molar-refractivity contribution in [3.05, 3.63) is 23.9 Å². The summed E-state index contributed by atoms with van der Waals surface area (Å²) in [7, 11) is 0. The van der Waals surface area contributed by atoms with Crippen molar-refractivity contribution in [2.45, 2.75) is 65.0 Å². The summed E-state index contributed by atoms with van der Waals surface area (Å²) in [6, 6.07) is 4.78. The number of carbonyl (C=O) groups is 1. The Kier molecular flexibility index (Phi) is 12.2. The van der Waals surface area contributed by atoms with Crippen molar-refractivity contribution < 1.29 is 4.79 Å². The van der Waals surface area contributed by atoms with Crippen molar-refractivity contribution in [1.82, 2.24) is 20.5 Å². The highest BCUT2D eigenvalue weighted by Crippen LogP contribution is 2.25. The Labute approximate surface area is 216 Å². The van der Waals surface area contributed by atoms with Crippen molar-refractivity contribution in [2.75, 3.05) is 44.2 Å². The van der Waals surface area contributed by atoms with E-state index >= 15 is 0 Å². The highest BCUT2D eigenvalue weighted by molar-refractivity contribution is 14.0. The summed E-state index contributed by atoms with van der Waals surface area (Å²) in [4.78, 5) is 25.8. The summed E-state index contributed by atoms with van der Waals surface area (Å²) >= 11 is 0. The van der Waals surface area contributed by atoms with Crippen molar-refractivity contribution in [2.24, 2.45) is 16.6 Å². The van der Waals surface area contributed by atoms with E-state index in [1.54, 1.807) is 0 Å². The monoisotopic (exact) mass is 571 g/mol. The number of anilines is 1. The summed E-state index contributed by atoms with van der Waals surface area (Å²) in [5, 5.41) is 6.88. The van der Waals surface area contributed by atoms with Crippen LogP contribution in [0.4, 0.5) is 5.82 Å². The van der Waals surface area contributed by atoms with Crippen molar-refractivity contribution in [3.63, 3.8) is 0 Å². The number of guanidine groups is 1. The molecule has 0 aliphatic carbocycles. The summed E-state index contributed by atoms with van der Waals surface area (Å²) in [6.07, 6.45) is 8.63. The van der Waals surface area contributed by atoms with E-state index in [1.165, 1.54) is 32.2 Å². The van der Waals surface area contributed by atoms with Crippen LogP contribution in [0.1, 0.15) is 57.9 Å². The van der Waals surface area contributed by atoms with Gasteiger partial charge in [0, 0.05) is 56.4 Å². The number of nitrogens with zero attached hydrogens (tertiary/aromatic N) is 4. The van der Waals surface area contributed by atoms with E-state index in [4.69, 9.17) is 10.7 Å². The molecule has 0 bridgehead atoms. The molecule has 0 saturated carbocycles. The van der Waals surface area contributed by atoms with Crippen LogP contribution in [0.5, 0.6) is 0 Å². The second-order valence-electron chi connectivity index (χ2n) is 8.87. The number of pyridine rings is 1. The number of amides is 1. The van der Waals surface area contributed by atoms with Crippen LogP contribution in [0, 0.1) is 5.92 Å². The third kappa shape index (κ3) is 8.27. The molecule has 2 aliphatic heterocycles. The lowest BCUT2D eigenvalue weighted by Crippen LogP contribution is -2.45. The SMILES string of the molecule is CCNC(=NCc1cccnc1N1CCC(C(N)=O)CC1)NCCN1CCCCC1CC.I. The summed E-state index contributed by atoms with van der Waals surface area (Å²) in [5.41, 5.74) is 6.59. The maximum atomic E-state index is 11.5. The van der Waals surface area contributed by atoms with Gasteiger partial charge in [-0.2, -0.15) is 0 Å². The largest absolute Gasteiger partial charge is 0.369 e. The second-order valence-corrected chi connectivity index (χ2v) is 8.87. The third-order valence-corrected chi connectivity index (χ3v) is 6.73. The first kappa shape index (κ1) is 27.6. The molecule has 0 spiro atoms. The van der Waals surface area contributed by atoms with Gasteiger partial charge >= 0.3 is 0 Å². The fourth-order valence-corrected chi connectivity index (χ4v) is 4.85. The average Bonchev–Trinajstić information content (AvgIpc) is 2.83. The molecule has 0 aromatic carbocycles. The molecule has 0 radical (unpaired) electrons. The zero-order valence-corrected chi connectivity index (χ0v) is 22.6. The summed E-state index contributed by atoms with van der Waals surface area (Å²) in [6.45, 7) is 10.5. The van der Waals surface area contributed by atoms with Gasteiger partial charge in [0.15, 0.2) is 5.96 Å². The predicted molar refractivity (Wildman–Crippen MR) is 146 cm³/mol. The molecule has 33 heavy (non-hydrogen) atoms. The minimum absolute atomic E-state index is 0. The van der Waals surface area contributed by atoms with Gasteiger partial charge in [-0.15, -0.1) is 24.0 Å². The number of likely N-dealkylation sites (tertiary alicyclic amines) is 1. The van der Waals surface area contributed by atoms with E-state index in [9.17, 15) is 4.79 Å². The first-order valence-electron chi connectivity index (χ1n) is 12.4. The molecular weight excluding hydrogens is 529 g/mol. The molecule has 2 aliphatic rings. The zero-order valence-electron chi connectivity index (χ0n) is 20.3. The minimum atomic E-state index is -0.188. The van der Waals surface area contributed by atoms with Crippen LogP contribution in [0.2, 0.25) is 0 Å². The number of carbonyl (C=O) groups excluding carboxylic acids is 1. The number of piperidine rings is 2. The summed E-state index contributed by atoms with van der Waals surface area (Å²) < 4.78 is 0. The molecule has 1 aromatic heterocycles. The lowest BCUT2D eigenvalue weighted by atomic mass is 9.96. The molecule has 9 heteroatoms. The Morgan fingerprint density at radius 1 is 1.18 bits per heavy atom. The Morgan fingerprint density at radius 2 is 1.97 bits per heavy atom. The molecule has 1 aromatic rings. The van der Waals surface area contributed by atoms with Gasteiger partial charge in [0.2, 0.25) is 5.91 Å². The van der Waals surface area contributed by atoms with Crippen molar-refractivity contribution in [1.29, 1.82) is 0 Å². The van der Waals surface area contributed by atoms with Gasteiger partial charge in [0.1, 0.15) is 5.82 Å². The number of nitrogens with one attached hydrogen (secondary N) is 2. The first-order valence-corrected chi connectivity index (χ1v) is 12.4. The number of aliphatic imine (C=N–C) groups is 1. The number of hydrogen-bond donors (Lipinski definition) is 3. The van der Waals surface area contributed by atoms with Gasteiger partial charge in [-0.25, -0.2) is 9.98 Å². The van der Waals surface area contributed by atoms with E-state index in [-0.39, 0.29) is 35.8 Å². The molecule has 186 valence electrons. The lowest BCUT2D eigenvalue weighted by molar-refractivity contribution is -0.122. The van der Waals surface area contributed by atoms with Crippen LogP contribution in [0.25, 0.3) is 0 Å². The van der Waals surface area contributed by atoms with Crippen LogP contribution >= 0.6 is 24.0 Å². The normalized spacial score (nSPS) is 20.2. The number of rotatable bonds is 9. The Balaban J connectivity index is 0.00000385. The quantitative estimate of drug-likeness (QED) is 0.240. The van der Waals surface area contributed by atoms with E-state index < -0.39 is 0 Å². The van der Waals surface area contributed by atoms with Gasteiger partial charge in [-0.1, -0.05) is 19.4 Å². The molecule has 2 saturated heterocycles. The fraction of sp³-hybridized carbons (Fsp3) is 0.708. The van der Waals surface area contributed by atoms with Crippen LogP contribution in [0.15, 0.2) is 23.3 Å². The van der Waals surface area contributed by atoms with Crippen LogP contribution in [-0.4, -0.2) is 67.1 Å². The maximum Gasteiger partial charge on any atom is 0.220 e. The zero-order chi connectivity index (χ0) is 22.8. The molecular formula is C24H42IN7O. The average molecular weight is 572 g/mol. The van der Waals surface area contributed by atoms with Crippen molar-refractivity contribution >= 4 is 41.7 Å². The first-order chi connectivity index (χ1) is 15.6. The molecule has 3 heterocycles. The van der Waals surface area contributed by atoms with Gasteiger partial charge in [-0.05, 0) is 51.6 Å². The lowest BCUT2D eigenvalue weighted by Gasteiger charge is -2.35. The second kappa shape index (κ2) is 14.6. The van der Waals surface area contributed by atoms with Crippen LogP contribution < -0.4 is 21.3 Å². The fourth-order valence-electron chi connectivity index (χ4n) is 4.85. The topological polar surface area (TPSA) is 98.9 Å². The smallest absolute Gasteiger partial charge is 0.220 e. The van der Waals surface area contributed by atoms with Gasteiger partial charge in [0.05, 0.1) is 6.54 Å².